The fourth-order valence-corrected chi connectivity index (χ4v) is 5.38. The summed E-state index contributed by atoms with van der Waals surface area (Å²) in [5, 5.41) is 0. The molecule has 0 spiro atoms. The summed E-state index contributed by atoms with van der Waals surface area (Å²) in [7, 11) is -0.886. The standard InChI is InChI=1S/C19H26N3OP/c1-15(2)22(16(3)4)24-21(19-12-8-9-13-20-19)14-18(23-24)17-10-6-5-7-11-17/h5-13,15-16,18H,14H2,1-4H3/t18-,24?/m1/s1. The molecule has 1 fully saturated rings. The first-order valence-corrected chi connectivity index (χ1v) is 9.73. The molecule has 1 aliphatic rings. The van der Waals surface area contributed by atoms with Gasteiger partial charge in [-0.2, -0.15) is 0 Å². The van der Waals surface area contributed by atoms with Crippen LogP contribution >= 0.6 is 8.45 Å². The lowest BCUT2D eigenvalue weighted by Crippen LogP contribution is -2.36. The first-order valence-electron chi connectivity index (χ1n) is 8.56. The van der Waals surface area contributed by atoms with Crippen molar-refractivity contribution in [1.82, 2.24) is 9.65 Å². The summed E-state index contributed by atoms with van der Waals surface area (Å²) in [5.41, 5.74) is 1.23. The molecule has 3 rings (SSSR count). The van der Waals surface area contributed by atoms with Crippen LogP contribution in [0.15, 0.2) is 54.7 Å². The molecule has 4 nitrogen and oxygen atoms in total. The Morgan fingerprint density at radius 2 is 1.71 bits per heavy atom. The largest absolute Gasteiger partial charge is 0.317 e. The van der Waals surface area contributed by atoms with Crippen molar-refractivity contribution in [3.05, 3.63) is 60.3 Å². The predicted octanol–water partition coefficient (Wildman–Crippen LogP) is 5.01. The highest BCUT2D eigenvalue weighted by molar-refractivity contribution is 7.52. The van der Waals surface area contributed by atoms with Crippen molar-refractivity contribution < 1.29 is 4.52 Å². The van der Waals surface area contributed by atoms with Crippen LogP contribution in [-0.4, -0.2) is 28.3 Å². The molecule has 2 heterocycles. The van der Waals surface area contributed by atoms with Gasteiger partial charge in [0.1, 0.15) is 11.9 Å². The number of aromatic nitrogens is 1. The Hall–Kier alpha value is -1.48. The normalized spacial score (nSPS) is 21.2. The Morgan fingerprint density at radius 3 is 2.29 bits per heavy atom. The lowest BCUT2D eigenvalue weighted by Gasteiger charge is -2.38. The maximum Gasteiger partial charge on any atom is 0.220 e. The minimum Gasteiger partial charge on any atom is -0.317 e. The van der Waals surface area contributed by atoms with Gasteiger partial charge in [0.15, 0.2) is 0 Å². The van der Waals surface area contributed by atoms with E-state index in [1.165, 1.54) is 5.56 Å². The summed E-state index contributed by atoms with van der Waals surface area (Å²) in [4.78, 5) is 4.58. The maximum absolute atomic E-state index is 6.58. The lowest BCUT2D eigenvalue weighted by molar-refractivity contribution is 0.224. The molecule has 128 valence electrons. The molecule has 0 saturated carbocycles. The third kappa shape index (κ3) is 3.61. The molecule has 1 aromatic heterocycles. The van der Waals surface area contributed by atoms with Gasteiger partial charge in [0.05, 0.1) is 6.54 Å². The molecule has 1 aliphatic heterocycles. The maximum atomic E-state index is 6.58. The summed E-state index contributed by atoms with van der Waals surface area (Å²) in [6.45, 7) is 9.77. The van der Waals surface area contributed by atoms with E-state index in [0.29, 0.717) is 12.1 Å². The second-order valence-corrected chi connectivity index (χ2v) is 8.26. The third-order valence-electron chi connectivity index (χ3n) is 4.11. The van der Waals surface area contributed by atoms with Crippen LogP contribution in [0, 0.1) is 0 Å². The first kappa shape index (κ1) is 17.3. The average molecular weight is 343 g/mol. The minimum absolute atomic E-state index is 0.0827. The number of pyridine rings is 1. The highest BCUT2D eigenvalue weighted by atomic mass is 31.2. The van der Waals surface area contributed by atoms with Gasteiger partial charge in [-0.15, -0.1) is 0 Å². The van der Waals surface area contributed by atoms with Crippen LogP contribution < -0.4 is 4.67 Å². The summed E-state index contributed by atoms with van der Waals surface area (Å²) in [6.07, 6.45) is 1.94. The molecule has 2 aromatic rings. The van der Waals surface area contributed by atoms with Crippen molar-refractivity contribution in [2.24, 2.45) is 0 Å². The quantitative estimate of drug-likeness (QED) is 0.714. The Balaban J connectivity index is 1.93. The van der Waals surface area contributed by atoms with Gasteiger partial charge in [0, 0.05) is 18.3 Å². The highest BCUT2D eigenvalue weighted by Crippen LogP contribution is 2.58. The molecule has 24 heavy (non-hydrogen) atoms. The van der Waals surface area contributed by atoms with Gasteiger partial charge in [-0.1, -0.05) is 36.4 Å². The Labute approximate surface area is 146 Å². The fourth-order valence-electron chi connectivity index (χ4n) is 3.12. The van der Waals surface area contributed by atoms with Crippen LogP contribution in [0.4, 0.5) is 5.82 Å². The van der Waals surface area contributed by atoms with Gasteiger partial charge in [-0.3, -0.25) is 4.67 Å². The molecule has 1 unspecified atom stereocenters. The summed E-state index contributed by atoms with van der Waals surface area (Å²) >= 11 is 0. The number of hydrogen-bond acceptors (Lipinski definition) is 4. The van der Waals surface area contributed by atoms with E-state index in [1.807, 2.05) is 24.4 Å². The van der Waals surface area contributed by atoms with Crippen molar-refractivity contribution in [2.45, 2.75) is 45.9 Å². The zero-order valence-electron chi connectivity index (χ0n) is 14.8. The van der Waals surface area contributed by atoms with Crippen LogP contribution in [-0.2, 0) is 4.52 Å². The summed E-state index contributed by atoms with van der Waals surface area (Å²) in [6, 6.07) is 17.4. The lowest BCUT2D eigenvalue weighted by atomic mass is 10.1. The van der Waals surface area contributed by atoms with E-state index in [0.717, 1.165) is 12.4 Å². The number of anilines is 1. The van der Waals surface area contributed by atoms with Crippen molar-refractivity contribution >= 4 is 14.3 Å². The summed E-state index contributed by atoms with van der Waals surface area (Å²) in [5.74, 6) is 0.994. The van der Waals surface area contributed by atoms with E-state index < -0.39 is 8.45 Å². The van der Waals surface area contributed by atoms with Crippen LogP contribution in [0.5, 0.6) is 0 Å². The first-order chi connectivity index (χ1) is 11.6. The molecule has 5 heteroatoms. The van der Waals surface area contributed by atoms with Gasteiger partial charge in [0.2, 0.25) is 8.45 Å². The monoisotopic (exact) mass is 343 g/mol. The van der Waals surface area contributed by atoms with Gasteiger partial charge >= 0.3 is 0 Å². The second-order valence-electron chi connectivity index (χ2n) is 6.60. The van der Waals surface area contributed by atoms with E-state index in [-0.39, 0.29) is 6.10 Å². The van der Waals surface area contributed by atoms with Gasteiger partial charge in [-0.25, -0.2) is 9.65 Å². The molecular weight excluding hydrogens is 317 g/mol. The average Bonchev–Trinajstić information content (AvgIpc) is 3.00. The molecule has 1 aromatic carbocycles. The molecule has 1 saturated heterocycles. The molecule has 0 aliphatic carbocycles. The summed E-state index contributed by atoms with van der Waals surface area (Å²) < 4.78 is 11.4. The van der Waals surface area contributed by atoms with Crippen molar-refractivity contribution in [2.75, 3.05) is 11.2 Å². The van der Waals surface area contributed by atoms with Crippen molar-refractivity contribution in [1.29, 1.82) is 0 Å². The minimum atomic E-state index is -0.886. The van der Waals surface area contributed by atoms with E-state index in [1.54, 1.807) is 0 Å². The van der Waals surface area contributed by atoms with Crippen LogP contribution in [0.1, 0.15) is 39.4 Å². The Bertz CT molecular complexity index is 628. The third-order valence-corrected chi connectivity index (χ3v) is 6.65. The number of nitrogens with zero attached hydrogens (tertiary/aromatic N) is 3. The highest BCUT2D eigenvalue weighted by Gasteiger charge is 2.41. The number of benzene rings is 1. The number of rotatable bonds is 5. The second kappa shape index (κ2) is 7.60. The molecule has 0 bridgehead atoms. The SMILES string of the molecule is CC(C)N(C(C)C)P1O[C@@H](c2ccccc2)CN1c1ccccn1. The smallest absolute Gasteiger partial charge is 0.220 e. The Kier molecular flexibility index (Phi) is 5.50. The Morgan fingerprint density at radius 1 is 1.04 bits per heavy atom. The van der Waals surface area contributed by atoms with E-state index in [4.69, 9.17) is 4.52 Å². The predicted molar refractivity (Wildman–Crippen MR) is 101 cm³/mol. The van der Waals surface area contributed by atoms with Crippen molar-refractivity contribution in [3.63, 3.8) is 0 Å². The van der Waals surface area contributed by atoms with Gasteiger partial charge in [-0.05, 0) is 45.4 Å². The van der Waals surface area contributed by atoms with Crippen LogP contribution in [0.3, 0.4) is 0 Å². The topological polar surface area (TPSA) is 28.6 Å². The van der Waals surface area contributed by atoms with Gasteiger partial charge < -0.3 is 4.52 Å². The van der Waals surface area contributed by atoms with Crippen LogP contribution in [0.25, 0.3) is 0 Å². The fraction of sp³-hybridized carbons (Fsp3) is 0.421. The zero-order chi connectivity index (χ0) is 17.1. The van der Waals surface area contributed by atoms with E-state index in [9.17, 15) is 0 Å². The molecular formula is C19H26N3OP. The molecule has 0 radical (unpaired) electrons. The molecule has 2 atom stereocenters. The number of hydrogen-bond donors (Lipinski definition) is 0. The van der Waals surface area contributed by atoms with E-state index in [2.05, 4.69) is 72.4 Å². The molecule has 0 N–H and O–H groups in total. The van der Waals surface area contributed by atoms with Crippen LogP contribution in [0.2, 0.25) is 0 Å². The molecule has 0 amide bonds. The van der Waals surface area contributed by atoms with Crippen molar-refractivity contribution in [3.8, 4) is 0 Å². The van der Waals surface area contributed by atoms with Gasteiger partial charge in [0.25, 0.3) is 0 Å². The zero-order valence-corrected chi connectivity index (χ0v) is 15.7. The van der Waals surface area contributed by atoms with E-state index >= 15 is 0 Å².